The molecule has 0 unspecified atom stereocenters. The molecular weight excluding hydrogens is 154 g/mol. The number of nitrogens with zero attached hydrogens (tertiary/aromatic N) is 2. The maximum absolute atomic E-state index is 6.25. The molecule has 0 heterocycles. The minimum Gasteiger partial charge on any atom is -0.715 e. The van der Waals surface area contributed by atoms with E-state index in [1.807, 2.05) is 0 Å². The summed E-state index contributed by atoms with van der Waals surface area (Å²) in [6.45, 7) is 0. The molecule has 0 aliphatic heterocycles. The van der Waals surface area contributed by atoms with Crippen molar-refractivity contribution in [2.24, 2.45) is 0 Å². The SMILES string of the molecule is [N-]=N.[N-]=N.[Tc]. The maximum atomic E-state index is 6.25. The van der Waals surface area contributed by atoms with Gasteiger partial charge in [0.15, 0.2) is 0 Å². The molecule has 0 saturated carbocycles. The van der Waals surface area contributed by atoms with E-state index in [1.54, 1.807) is 0 Å². The molecule has 1 radical (unpaired) electrons. The van der Waals surface area contributed by atoms with Crippen LogP contribution in [0.4, 0.5) is 0 Å². The van der Waals surface area contributed by atoms with Crippen molar-refractivity contribution >= 4 is 0 Å². The van der Waals surface area contributed by atoms with Crippen LogP contribution in [0.1, 0.15) is 0 Å². The Labute approximate surface area is 42.9 Å². The van der Waals surface area contributed by atoms with Gasteiger partial charge in [-0.3, -0.25) is 0 Å². The zero-order chi connectivity index (χ0) is 4.00. The Morgan fingerprint density at radius 3 is 0.800 bits per heavy atom. The summed E-state index contributed by atoms with van der Waals surface area (Å²) in [6, 6.07) is 0. The fraction of sp³-hybridized carbons (Fsp3) is 0. The summed E-state index contributed by atoms with van der Waals surface area (Å²) < 4.78 is 0. The summed E-state index contributed by atoms with van der Waals surface area (Å²) in [5.74, 6) is 0. The van der Waals surface area contributed by atoms with E-state index in [1.165, 1.54) is 0 Å². The number of hydrogen-bond donors (Lipinski definition) is 2. The third-order valence-electron chi connectivity index (χ3n) is 0. The van der Waals surface area contributed by atoms with Gasteiger partial charge in [-0.2, -0.15) is 0 Å². The number of nitrogens with one attached hydrogen (secondary N) is 2. The first kappa shape index (κ1) is 21.0. The van der Waals surface area contributed by atoms with E-state index in [0.29, 0.717) is 0 Å². The zero-order valence-electron chi connectivity index (χ0n) is 2.27. The smallest absolute Gasteiger partial charge is 0 e. The largest absolute Gasteiger partial charge is 0.715 e. The molecule has 0 aromatic rings. The molecule has 0 amide bonds. The maximum Gasteiger partial charge on any atom is 0 e. The van der Waals surface area contributed by atoms with Gasteiger partial charge >= 0.3 is 0 Å². The minimum absolute atomic E-state index is 0. The molecule has 0 atom stereocenters. The second-order valence-electron chi connectivity index (χ2n) is 0. The standard InChI is InChI=1S/2HN2.Tc/c2*1-2;/h2*1H;/q2*-1;. The molecule has 0 aromatic carbocycles. The fourth-order valence-corrected chi connectivity index (χ4v) is 0. The summed E-state index contributed by atoms with van der Waals surface area (Å²) >= 11 is 0. The Morgan fingerprint density at radius 2 is 0.800 bits per heavy atom. The predicted octanol–water partition coefficient (Wildman–Crippen LogP) is 1.17. The third kappa shape index (κ3) is 580. The van der Waals surface area contributed by atoms with Gasteiger partial charge in [0, 0.05) is 20.1 Å². The van der Waals surface area contributed by atoms with Gasteiger partial charge in [-0.05, 0) is 0 Å². The van der Waals surface area contributed by atoms with E-state index < -0.39 is 0 Å². The second-order valence-corrected chi connectivity index (χ2v) is 0. The Hall–Kier alpha value is -0.151. The molecular formula is H2N4Tc-2. The van der Waals surface area contributed by atoms with Crippen LogP contribution in [0.15, 0.2) is 0 Å². The van der Waals surface area contributed by atoms with Gasteiger partial charge in [-0.1, -0.05) is 0 Å². The first-order valence-corrected chi connectivity index (χ1v) is 0.447. The van der Waals surface area contributed by atoms with Crippen molar-refractivity contribution < 1.29 is 20.1 Å². The summed E-state index contributed by atoms with van der Waals surface area (Å²) in [7, 11) is 0. The van der Waals surface area contributed by atoms with Crippen LogP contribution in [0, 0.1) is 11.1 Å². The first-order chi connectivity index (χ1) is 2.00. The Balaban J connectivity index is -0.0000000133. The van der Waals surface area contributed by atoms with Crippen molar-refractivity contribution in [3.05, 3.63) is 11.1 Å². The topological polar surface area (TPSA) is 92.3 Å². The summed E-state index contributed by atoms with van der Waals surface area (Å²) in [4.78, 5) is 0. The average molecular weight is 156 g/mol. The molecule has 0 aliphatic carbocycles. The third-order valence-corrected chi connectivity index (χ3v) is 0. The van der Waals surface area contributed by atoms with Crippen LogP contribution in [-0.2, 0) is 20.1 Å². The van der Waals surface area contributed by atoms with Gasteiger partial charge < -0.3 is 22.1 Å². The van der Waals surface area contributed by atoms with Crippen molar-refractivity contribution in [1.82, 2.24) is 0 Å². The van der Waals surface area contributed by atoms with Crippen LogP contribution in [-0.4, -0.2) is 0 Å². The molecule has 31 valence electrons. The van der Waals surface area contributed by atoms with Crippen molar-refractivity contribution in [1.29, 1.82) is 11.1 Å². The molecule has 0 aliphatic rings. The van der Waals surface area contributed by atoms with Crippen LogP contribution in [0.5, 0.6) is 0 Å². The van der Waals surface area contributed by atoms with Gasteiger partial charge in [0.2, 0.25) is 0 Å². The van der Waals surface area contributed by atoms with Gasteiger partial charge in [0.25, 0.3) is 0 Å². The molecule has 0 spiro atoms. The van der Waals surface area contributed by atoms with E-state index in [2.05, 4.69) is 0 Å². The van der Waals surface area contributed by atoms with Crippen LogP contribution >= 0.6 is 0 Å². The van der Waals surface area contributed by atoms with Crippen LogP contribution in [0.3, 0.4) is 0 Å². The van der Waals surface area contributed by atoms with Crippen LogP contribution in [0.25, 0.3) is 11.1 Å². The molecule has 0 aromatic heterocycles. The van der Waals surface area contributed by atoms with E-state index in [9.17, 15) is 0 Å². The van der Waals surface area contributed by atoms with E-state index >= 15 is 0 Å². The van der Waals surface area contributed by atoms with Gasteiger partial charge in [-0.25, -0.2) is 0 Å². The molecule has 4 nitrogen and oxygen atoms in total. The fourth-order valence-electron chi connectivity index (χ4n) is 0. The predicted molar refractivity (Wildman–Crippen MR) is 12.2 cm³/mol. The molecule has 0 fully saturated rings. The van der Waals surface area contributed by atoms with Crippen molar-refractivity contribution in [3.8, 4) is 0 Å². The zero-order valence-corrected chi connectivity index (χ0v) is 4.13. The Morgan fingerprint density at radius 1 is 0.800 bits per heavy atom. The number of hydrogen-bond acceptors (Lipinski definition) is 2. The molecule has 0 rings (SSSR count). The summed E-state index contributed by atoms with van der Waals surface area (Å²) in [5.41, 5.74) is 22.0. The molecule has 0 bridgehead atoms. The van der Waals surface area contributed by atoms with Gasteiger partial charge in [0.1, 0.15) is 0 Å². The first-order valence-electron chi connectivity index (χ1n) is 0.447. The van der Waals surface area contributed by atoms with E-state index in [0.717, 1.165) is 0 Å². The van der Waals surface area contributed by atoms with Crippen LogP contribution in [0.2, 0.25) is 0 Å². The van der Waals surface area contributed by atoms with Gasteiger partial charge in [-0.15, -0.1) is 0 Å². The second kappa shape index (κ2) is 1380. The van der Waals surface area contributed by atoms with Crippen molar-refractivity contribution in [2.75, 3.05) is 0 Å². The normalized spacial score (nSPS) is 1.60. The van der Waals surface area contributed by atoms with Gasteiger partial charge in [0.05, 0.1) is 0 Å². The van der Waals surface area contributed by atoms with Crippen molar-refractivity contribution in [3.63, 3.8) is 0 Å². The van der Waals surface area contributed by atoms with E-state index in [4.69, 9.17) is 22.1 Å². The Kier molecular flexibility index (Phi) is 5790. The Bertz CT molecular complexity index is 5.61. The van der Waals surface area contributed by atoms with Crippen molar-refractivity contribution in [2.45, 2.75) is 0 Å². The van der Waals surface area contributed by atoms with E-state index in [-0.39, 0.29) is 20.1 Å². The summed E-state index contributed by atoms with van der Waals surface area (Å²) in [6.07, 6.45) is 0. The minimum atomic E-state index is 0. The van der Waals surface area contributed by atoms with Crippen LogP contribution < -0.4 is 0 Å². The molecule has 5 heteroatoms. The average Bonchev–Trinajstić information content (AvgIpc) is 1.50. The summed E-state index contributed by atoms with van der Waals surface area (Å²) in [5, 5.41) is 0. The molecule has 5 heavy (non-hydrogen) atoms. The molecule has 2 N–H and O–H groups in total. The quantitative estimate of drug-likeness (QED) is 0.492. The molecule has 0 saturated heterocycles. The number of rotatable bonds is 0. The monoisotopic (exact) mass is 155 g/mol.